The molecule has 2 heterocycles. The third-order valence-electron chi connectivity index (χ3n) is 3.08. The van der Waals surface area contributed by atoms with Crippen molar-refractivity contribution in [1.29, 1.82) is 0 Å². The highest BCUT2D eigenvalue weighted by Gasteiger charge is 2.35. The minimum Gasteiger partial charge on any atom is -0.323 e. The third-order valence-corrected chi connectivity index (χ3v) is 4.13. The van der Waals surface area contributed by atoms with Gasteiger partial charge in [-0.3, -0.25) is 10.1 Å². The summed E-state index contributed by atoms with van der Waals surface area (Å²) in [6, 6.07) is 0.503. The average molecular weight is 214 g/mol. The molecule has 2 saturated heterocycles. The summed E-state index contributed by atoms with van der Waals surface area (Å²) in [5, 5.41) is 3.27. The van der Waals surface area contributed by atoms with E-state index < -0.39 is 0 Å². The Bertz CT molecular complexity index is 216. The third kappa shape index (κ3) is 1.91. The maximum absolute atomic E-state index is 11.7. The van der Waals surface area contributed by atoms with Crippen molar-refractivity contribution in [3.05, 3.63) is 0 Å². The number of rotatable bonds is 2. The van der Waals surface area contributed by atoms with Gasteiger partial charge in [0.05, 0.1) is 12.7 Å². The van der Waals surface area contributed by atoms with Crippen LogP contribution in [0.5, 0.6) is 0 Å². The zero-order valence-corrected chi connectivity index (χ0v) is 9.48. The van der Waals surface area contributed by atoms with Crippen molar-refractivity contribution in [3.63, 3.8) is 0 Å². The molecule has 4 heteroatoms. The Labute approximate surface area is 89.6 Å². The number of thioether (sulfide) groups is 1. The minimum atomic E-state index is 0.300. The monoisotopic (exact) mass is 214 g/mol. The summed E-state index contributed by atoms with van der Waals surface area (Å²) in [4.78, 5) is 13.8. The summed E-state index contributed by atoms with van der Waals surface area (Å²) in [6.07, 6.45) is 3.68. The van der Waals surface area contributed by atoms with Crippen LogP contribution in [0.15, 0.2) is 0 Å². The molecular weight excluding hydrogens is 196 g/mol. The number of nitrogens with one attached hydrogen (secondary N) is 1. The van der Waals surface area contributed by atoms with E-state index in [0.717, 1.165) is 6.42 Å². The smallest absolute Gasteiger partial charge is 0.238 e. The summed E-state index contributed by atoms with van der Waals surface area (Å²) in [5.41, 5.74) is 0. The molecule has 0 saturated carbocycles. The fourth-order valence-electron chi connectivity index (χ4n) is 2.33. The zero-order chi connectivity index (χ0) is 9.97. The van der Waals surface area contributed by atoms with E-state index in [1.807, 2.05) is 11.8 Å². The number of hydrogen-bond donors (Lipinski definition) is 1. The molecule has 1 N–H and O–H groups in total. The van der Waals surface area contributed by atoms with Gasteiger partial charge in [0.2, 0.25) is 5.91 Å². The van der Waals surface area contributed by atoms with Crippen molar-refractivity contribution in [3.8, 4) is 0 Å². The van der Waals surface area contributed by atoms with Crippen molar-refractivity contribution >= 4 is 17.7 Å². The maximum Gasteiger partial charge on any atom is 0.238 e. The van der Waals surface area contributed by atoms with E-state index in [1.165, 1.54) is 24.3 Å². The molecule has 0 aromatic carbocycles. The lowest BCUT2D eigenvalue weighted by Crippen LogP contribution is -2.45. The molecule has 3 nitrogen and oxygen atoms in total. The van der Waals surface area contributed by atoms with Crippen LogP contribution >= 0.6 is 11.8 Å². The normalized spacial score (nSPS) is 29.9. The molecule has 0 aromatic rings. The number of nitrogens with zero attached hydrogens (tertiary/aromatic N) is 1. The Hall–Kier alpha value is -0.220. The van der Waals surface area contributed by atoms with Gasteiger partial charge in [0.15, 0.2) is 0 Å². The van der Waals surface area contributed by atoms with E-state index in [-0.39, 0.29) is 0 Å². The first-order valence-corrected chi connectivity index (χ1v) is 6.60. The second-order valence-corrected chi connectivity index (χ2v) is 5.17. The molecule has 2 aliphatic heterocycles. The van der Waals surface area contributed by atoms with Gasteiger partial charge in [0.25, 0.3) is 0 Å². The van der Waals surface area contributed by atoms with E-state index in [4.69, 9.17) is 0 Å². The lowest BCUT2D eigenvalue weighted by Gasteiger charge is -2.34. The van der Waals surface area contributed by atoms with Crippen molar-refractivity contribution < 1.29 is 4.79 Å². The molecule has 0 spiro atoms. The van der Waals surface area contributed by atoms with Crippen molar-refractivity contribution in [1.82, 2.24) is 10.2 Å². The summed E-state index contributed by atoms with van der Waals surface area (Å²) >= 11 is 2.01. The van der Waals surface area contributed by atoms with Crippen LogP contribution in [0.3, 0.4) is 0 Å². The van der Waals surface area contributed by atoms with E-state index in [1.54, 1.807) is 0 Å². The highest BCUT2D eigenvalue weighted by molar-refractivity contribution is 7.99. The van der Waals surface area contributed by atoms with Crippen LogP contribution < -0.4 is 5.32 Å². The number of amides is 1. The summed E-state index contributed by atoms with van der Waals surface area (Å²) in [6.45, 7) is 2.68. The fraction of sp³-hybridized carbons (Fsp3) is 0.900. The molecule has 2 rings (SSSR count). The van der Waals surface area contributed by atoms with Crippen LogP contribution in [0.25, 0.3) is 0 Å². The van der Waals surface area contributed by atoms with E-state index in [9.17, 15) is 4.79 Å². The highest BCUT2D eigenvalue weighted by Crippen LogP contribution is 2.25. The quantitative estimate of drug-likeness (QED) is 0.746. The molecule has 14 heavy (non-hydrogen) atoms. The summed E-state index contributed by atoms with van der Waals surface area (Å²) < 4.78 is 0. The fourth-order valence-corrected chi connectivity index (χ4v) is 3.41. The molecule has 0 aliphatic carbocycles. The van der Waals surface area contributed by atoms with Gasteiger partial charge < -0.3 is 4.90 Å². The SMILES string of the molecule is CCC1NCC(=O)N1C1CCSCC1. The van der Waals surface area contributed by atoms with Gasteiger partial charge in [-0.25, -0.2) is 0 Å². The van der Waals surface area contributed by atoms with Gasteiger partial charge in [-0.2, -0.15) is 11.8 Å². The number of carbonyl (C=O) groups excluding carboxylic acids is 1. The van der Waals surface area contributed by atoms with Gasteiger partial charge in [-0.05, 0) is 30.8 Å². The largest absolute Gasteiger partial charge is 0.323 e. The Morgan fingerprint density at radius 2 is 2.21 bits per heavy atom. The van der Waals surface area contributed by atoms with Crippen LogP contribution in [0.1, 0.15) is 26.2 Å². The topological polar surface area (TPSA) is 32.3 Å². The molecule has 2 aliphatic rings. The van der Waals surface area contributed by atoms with E-state index in [2.05, 4.69) is 17.1 Å². The second-order valence-electron chi connectivity index (χ2n) is 3.95. The lowest BCUT2D eigenvalue weighted by atomic mass is 10.1. The van der Waals surface area contributed by atoms with Gasteiger partial charge in [0, 0.05) is 6.04 Å². The molecule has 80 valence electrons. The first-order valence-electron chi connectivity index (χ1n) is 5.45. The highest BCUT2D eigenvalue weighted by atomic mass is 32.2. The van der Waals surface area contributed by atoms with Crippen molar-refractivity contribution in [2.75, 3.05) is 18.1 Å². The van der Waals surface area contributed by atoms with Crippen LogP contribution in [-0.2, 0) is 4.79 Å². The second kappa shape index (κ2) is 4.53. The van der Waals surface area contributed by atoms with Gasteiger partial charge in [-0.15, -0.1) is 0 Å². The van der Waals surface area contributed by atoms with Crippen molar-refractivity contribution in [2.45, 2.75) is 38.4 Å². The Balaban J connectivity index is 2.01. The molecule has 0 bridgehead atoms. The molecule has 1 atom stereocenters. The van der Waals surface area contributed by atoms with Gasteiger partial charge in [0.1, 0.15) is 0 Å². The Morgan fingerprint density at radius 3 is 2.86 bits per heavy atom. The summed E-state index contributed by atoms with van der Waals surface area (Å²) in [7, 11) is 0. The van der Waals surface area contributed by atoms with Gasteiger partial charge in [-0.1, -0.05) is 6.92 Å². The molecular formula is C10H18N2OS. The zero-order valence-electron chi connectivity index (χ0n) is 8.66. The van der Waals surface area contributed by atoms with Crippen LogP contribution in [0, 0.1) is 0 Å². The molecule has 0 aromatic heterocycles. The standard InChI is InChI=1S/C10H18N2OS/c1-2-9-11-7-10(13)12(9)8-3-5-14-6-4-8/h8-9,11H,2-7H2,1H3. The first kappa shape index (κ1) is 10.3. The number of carbonyl (C=O) groups is 1. The first-order chi connectivity index (χ1) is 6.83. The maximum atomic E-state index is 11.7. The van der Waals surface area contributed by atoms with Gasteiger partial charge >= 0.3 is 0 Å². The molecule has 1 amide bonds. The Kier molecular flexibility index (Phi) is 3.34. The minimum absolute atomic E-state index is 0.300. The molecule has 2 fully saturated rings. The van der Waals surface area contributed by atoms with Crippen molar-refractivity contribution in [2.24, 2.45) is 0 Å². The van der Waals surface area contributed by atoms with Crippen LogP contribution in [0.4, 0.5) is 0 Å². The van der Waals surface area contributed by atoms with E-state index >= 15 is 0 Å². The predicted molar refractivity (Wildman–Crippen MR) is 59.3 cm³/mol. The average Bonchev–Trinajstić information content (AvgIpc) is 2.61. The molecule has 0 radical (unpaired) electrons. The van der Waals surface area contributed by atoms with Crippen LogP contribution in [-0.4, -0.2) is 41.1 Å². The predicted octanol–water partition coefficient (Wildman–Crippen LogP) is 1.05. The number of hydrogen-bond acceptors (Lipinski definition) is 3. The Morgan fingerprint density at radius 1 is 1.50 bits per heavy atom. The summed E-state index contributed by atoms with van der Waals surface area (Å²) in [5.74, 6) is 2.73. The molecule has 1 unspecified atom stereocenters. The van der Waals surface area contributed by atoms with E-state index in [0.29, 0.717) is 24.7 Å². The lowest BCUT2D eigenvalue weighted by molar-refractivity contribution is -0.130. The van der Waals surface area contributed by atoms with Crippen LogP contribution in [0.2, 0.25) is 0 Å².